The molecule has 3 aromatic rings. The highest BCUT2D eigenvalue weighted by Crippen LogP contribution is 2.38. The molecule has 0 atom stereocenters. The van der Waals surface area contributed by atoms with E-state index >= 15 is 0 Å². The van der Waals surface area contributed by atoms with Crippen LogP contribution in [0, 0.1) is 12.8 Å². The fourth-order valence-corrected chi connectivity index (χ4v) is 3.82. The first-order valence-corrected chi connectivity index (χ1v) is 10.4. The summed E-state index contributed by atoms with van der Waals surface area (Å²) in [5.74, 6) is 0.0975. The Morgan fingerprint density at radius 2 is 1.94 bits per heavy atom. The molecule has 0 spiro atoms. The molecule has 1 saturated carbocycles. The molecule has 6 heteroatoms. The fourth-order valence-electron chi connectivity index (χ4n) is 3.82. The van der Waals surface area contributed by atoms with Crippen LogP contribution in [0.5, 0.6) is 0 Å². The molecule has 1 fully saturated rings. The standard InChI is InChI=1S/C25H25N3O3/c1-15-2-8-18(9-3-15)24-19-12-16(7-11-23(26)29)6-10-21(19)28-22(13-17-4-5-17)20(24)14-27-25(30)31/h2-3,6-12,17,27H,4-5,13-14H2,1H3,(H2,26,29)(H,30,31)/b11-7+. The predicted octanol–water partition coefficient (Wildman–Crippen LogP) is 4.43. The number of hydrogen-bond donors (Lipinski definition) is 3. The van der Waals surface area contributed by atoms with Crippen LogP contribution in [-0.2, 0) is 17.8 Å². The maximum absolute atomic E-state index is 11.3. The number of carbonyl (C=O) groups excluding carboxylic acids is 1. The number of carboxylic acid groups (broad SMARTS) is 1. The Bertz CT molecular complexity index is 1180. The number of nitrogens with zero attached hydrogens (tertiary/aromatic N) is 1. The second-order valence-corrected chi connectivity index (χ2v) is 8.10. The van der Waals surface area contributed by atoms with Gasteiger partial charge in [0.15, 0.2) is 0 Å². The molecule has 31 heavy (non-hydrogen) atoms. The molecule has 4 N–H and O–H groups in total. The van der Waals surface area contributed by atoms with Crippen LogP contribution in [-0.4, -0.2) is 22.1 Å². The van der Waals surface area contributed by atoms with Gasteiger partial charge in [-0.15, -0.1) is 0 Å². The molecule has 0 unspecified atom stereocenters. The molecule has 1 heterocycles. The summed E-state index contributed by atoms with van der Waals surface area (Å²) >= 11 is 0. The largest absolute Gasteiger partial charge is 0.465 e. The fraction of sp³-hybridized carbons (Fsp3) is 0.240. The average molecular weight is 415 g/mol. The van der Waals surface area contributed by atoms with E-state index in [0.29, 0.717) is 5.92 Å². The van der Waals surface area contributed by atoms with Gasteiger partial charge in [0.25, 0.3) is 0 Å². The number of nitrogens with one attached hydrogen (secondary N) is 1. The lowest BCUT2D eigenvalue weighted by Gasteiger charge is -2.18. The van der Waals surface area contributed by atoms with Gasteiger partial charge < -0.3 is 16.2 Å². The third-order valence-corrected chi connectivity index (χ3v) is 5.57. The Morgan fingerprint density at radius 1 is 1.19 bits per heavy atom. The van der Waals surface area contributed by atoms with E-state index in [4.69, 9.17) is 10.7 Å². The maximum atomic E-state index is 11.3. The Balaban J connectivity index is 1.96. The van der Waals surface area contributed by atoms with E-state index in [2.05, 4.69) is 17.4 Å². The molecular weight excluding hydrogens is 390 g/mol. The van der Waals surface area contributed by atoms with Crippen LogP contribution in [0.3, 0.4) is 0 Å². The molecule has 1 aliphatic carbocycles. The highest BCUT2D eigenvalue weighted by molar-refractivity contribution is 5.98. The molecule has 0 saturated heterocycles. The average Bonchev–Trinajstić information content (AvgIpc) is 3.55. The molecule has 2 aromatic carbocycles. The van der Waals surface area contributed by atoms with Crippen molar-refractivity contribution < 1.29 is 14.7 Å². The van der Waals surface area contributed by atoms with Crippen molar-refractivity contribution >= 4 is 29.0 Å². The molecular formula is C25H25N3O3. The number of rotatable bonds is 7. The Kier molecular flexibility index (Phi) is 5.71. The monoisotopic (exact) mass is 415 g/mol. The van der Waals surface area contributed by atoms with Gasteiger partial charge in [-0.1, -0.05) is 35.9 Å². The van der Waals surface area contributed by atoms with Crippen LogP contribution in [0.15, 0.2) is 48.5 Å². The van der Waals surface area contributed by atoms with Gasteiger partial charge in [0.1, 0.15) is 0 Å². The molecule has 158 valence electrons. The highest BCUT2D eigenvalue weighted by Gasteiger charge is 2.26. The van der Waals surface area contributed by atoms with Crippen molar-refractivity contribution in [2.45, 2.75) is 32.7 Å². The Labute approximate surface area is 180 Å². The number of primary amides is 1. The summed E-state index contributed by atoms with van der Waals surface area (Å²) in [5.41, 5.74) is 11.9. The highest BCUT2D eigenvalue weighted by atomic mass is 16.4. The van der Waals surface area contributed by atoms with Gasteiger partial charge in [-0.2, -0.15) is 0 Å². The Hall–Kier alpha value is -3.67. The zero-order valence-corrected chi connectivity index (χ0v) is 17.4. The summed E-state index contributed by atoms with van der Waals surface area (Å²) in [5, 5.41) is 12.7. The zero-order valence-electron chi connectivity index (χ0n) is 17.4. The molecule has 4 rings (SSSR count). The molecule has 0 radical (unpaired) electrons. The van der Waals surface area contributed by atoms with Crippen molar-refractivity contribution in [2.75, 3.05) is 0 Å². The summed E-state index contributed by atoms with van der Waals surface area (Å²) in [6.45, 7) is 2.22. The normalized spacial score (nSPS) is 13.6. The van der Waals surface area contributed by atoms with Crippen LogP contribution >= 0.6 is 0 Å². The number of carbonyl (C=O) groups is 2. The quantitative estimate of drug-likeness (QED) is 0.496. The summed E-state index contributed by atoms with van der Waals surface area (Å²) in [6, 6.07) is 14.0. The van der Waals surface area contributed by atoms with Crippen molar-refractivity contribution in [3.8, 4) is 11.1 Å². The van der Waals surface area contributed by atoms with Crippen LogP contribution < -0.4 is 11.1 Å². The number of benzene rings is 2. The Morgan fingerprint density at radius 3 is 2.58 bits per heavy atom. The third kappa shape index (κ3) is 4.91. The first-order chi connectivity index (χ1) is 14.9. The van der Waals surface area contributed by atoms with E-state index in [1.165, 1.54) is 18.9 Å². The summed E-state index contributed by atoms with van der Waals surface area (Å²) < 4.78 is 0. The van der Waals surface area contributed by atoms with E-state index in [9.17, 15) is 14.7 Å². The SMILES string of the molecule is Cc1ccc(-c2c(CNC(=O)O)c(CC3CC3)nc3ccc(/C=C/C(N)=O)cc23)cc1. The molecule has 1 aliphatic rings. The number of hydrogen-bond acceptors (Lipinski definition) is 3. The van der Waals surface area contributed by atoms with Crippen LogP contribution in [0.2, 0.25) is 0 Å². The minimum Gasteiger partial charge on any atom is -0.465 e. The van der Waals surface area contributed by atoms with Crippen molar-refractivity contribution in [3.63, 3.8) is 0 Å². The lowest BCUT2D eigenvalue weighted by atomic mass is 9.91. The van der Waals surface area contributed by atoms with Crippen molar-refractivity contribution in [3.05, 3.63) is 70.9 Å². The second kappa shape index (κ2) is 8.60. The van der Waals surface area contributed by atoms with Gasteiger partial charge in [-0.3, -0.25) is 9.78 Å². The first kappa shape index (κ1) is 20.6. The lowest BCUT2D eigenvalue weighted by molar-refractivity contribution is -0.113. The number of fused-ring (bicyclic) bond motifs is 1. The van der Waals surface area contributed by atoms with Gasteiger partial charge in [0.2, 0.25) is 5.91 Å². The third-order valence-electron chi connectivity index (χ3n) is 5.57. The van der Waals surface area contributed by atoms with Gasteiger partial charge in [-0.25, -0.2) is 4.79 Å². The summed E-state index contributed by atoms with van der Waals surface area (Å²) in [6.07, 6.45) is 5.15. The van der Waals surface area contributed by atoms with Gasteiger partial charge in [-0.05, 0) is 67.0 Å². The van der Waals surface area contributed by atoms with E-state index < -0.39 is 12.0 Å². The van der Waals surface area contributed by atoms with Crippen LogP contribution in [0.4, 0.5) is 4.79 Å². The van der Waals surface area contributed by atoms with E-state index in [0.717, 1.165) is 50.8 Å². The smallest absolute Gasteiger partial charge is 0.404 e. The summed E-state index contributed by atoms with van der Waals surface area (Å²) in [4.78, 5) is 27.4. The number of aromatic nitrogens is 1. The van der Waals surface area contributed by atoms with Crippen LogP contribution in [0.25, 0.3) is 28.1 Å². The predicted molar refractivity (Wildman–Crippen MR) is 121 cm³/mol. The topological polar surface area (TPSA) is 105 Å². The van der Waals surface area contributed by atoms with Crippen LogP contribution in [0.1, 0.15) is 35.2 Å². The van der Waals surface area contributed by atoms with E-state index in [1.54, 1.807) is 6.08 Å². The number of pyridine rings is 1. The molecule has 6 nitrogen and oxygen atoms in total. The number of aryl methyl sites for hydroxylation is 1. The van der Waals surface area contributed by atoms with Gasteiger partial charge in [0.05, 0.1) is 5.52 Å². The molecule has 0 bridgehead atoms. The van der Waals surface area contributed by atoms with E-state index in [-0.39, 0.29) is 6.54 Å². The number of nitrogens with two attached hydrogens (primary N) is 1. The maximum Gasteiger partial charge on any atom is 0.404 e. The van der Waals surface area contributed by atoms with E-state index in [1.807, 2.05) is 37.3 Å². The minimum atomic E-state index is -1.06. The first-order valence-electron chi connectivity index (χ1n) is 10.4. The van der Waals surface area contributed by atoms with Crippen molar-refractivity contribution in [1.29, 1.82) is 0 Å². The minimum absolute atomic E-state index is 0.185. The van der Waals surface area contributed by atoms with Gasteiger partial charge in [0, 0.05) is 29.3 Å². The summed E-state index contributed by atoms with van der Waals surface area (Å²) in [7, 11) is 0. The molecule has 0 aliphatic heterocycles. The zero-order chi connectivity index (χ0) is 22.0. The van der Waals surface area contributed by atoms with Gasteiger partial charge >= 0.3 is 6.09 Å². The van der Waals surface area contributed by atoms with Crippen molar-refractivity contribution in [1.82, 2.24) is 10.3 Å². The van der Waals surface area contributed by atoms with Crippen molar-refractivity contribution in [2.24, 2.45) is 11.7 Å². The second-order valence-electron chi connectivity index (χ2n) is 8.10. The lowest BCUT2D eigenvalue weighted by Crippen LogP contribution is -2.22. The molecule has 2 amide bonds. The number of amides is 2. The molecule has 1 aromatic heterocycles.